The van der Waals surface area contributed by atoms with E-state index >= 15 is 0 Å². The van der Waals surface area contributed by atoms with Gasteiger partial charge in [0.1, 0.15) is 0 Å². The Labute approximate surface area is 84.0 Å². The maximum absolute atomic E-state index is 11.4. The Hall–Kier alpha value is -0.680. The monoisotopic (exact) mass is 214 g/mol. The molecular formula is C9H14N2O2S. The van der Waals surface area contributed by atoms with Crippen molar-refractivity contribution < 1.29 is 8.42 Å². The minimum Gasteiger partial charge on any atom is -0.308 e. The van der Waals surface area contributed by atoms with E-state index in [0.29, 0.717) is 18.3 Å². The van der Waals surface area contributed by atoms with Gasteiger partial charge in [-0.2, -0.15) is 0 Å². The molecule has 1 aliphatic carbocycles. The van der Waals surface area contributed by atoms with E-state index in [2.05, 4.69) is 10.3 Å². The summed E-state index contributed by atoms with van der Waals surface area (Å²) < 4.78 is 22.9. The topological polar surface area (TPSA) is 58.5 Å². The highest BCUT2D eigenvalue weighted by Gasteiger charge is 2.25. The molecule has 0 aromatic heterocycles. The smallest absolute Gasteiger partial charge is 0.216 e. The van der Waals surface area contributed by atoms with Gasteiger partial charge in [-0.15, -0.1) is 0 Å². The second-order valence-electron chi connectivity index (χ2n) is 3.82. The molecule has 14 heavy (non-hydrogen) atoms. The molecule has 1 heterocycles. The summed E-state index contributed by atoms with van der Waals surface area (Å²) in [6.45, 7) is 2.08. The largest absolute Gasteiger partial charge is 0.308 e. The molecule has 0 aromatic rings. The van der Waals surface area contributed by atoms with Gasteiger partial charge in [0, 0.05) is 12.6 Å². The van der Waals surface area contributed by atoms with E-state index in [-0.39, 0.29) is 5.04 Å². The predicted molar refractivity (Wildman–Crippen MR) is 55.8 cm³/mol. The van der Waals surface area contributed by atoms with Crippen LogP contribution in [0.4, 0.5) is 0 Å². The molecule has 0 bridgehead atoms. The van der Waals surface area contributed by atoms with Crippen LogP contribution in [0.5, 0.6) is 0 Å². The van der Waals surface area contributed by atoms with Crippen LogP contribution in [-0.4, -0.2) is 26.0 Å². The average molecular weight is 214 g/mol. The Morgan fingerprint density at radius 1 is 1.57 bits per heavy atom. The third-order valence-corrected chi connectivity index (χ3v) is 4.15. The van der Waals surface area contributed by atoms with Crippen LogP contribution in [0, 0.1) is 0 Å². The van der Waals surface area contributed by atoms with E-state index in [9.17, 15) is 8.42 Å². The third-order valence-electron chi connectivity index (χ3n) is 2.60. The molecular weight excluding hydrogens is 200 g/mol. The molecule has 0 spiro atoms. The zero-order valence-corrected chi connectivity index (χ0v) is 8.97. The normalized spacial score (nSPS) is 25.5. The standard InChI is InChI=1S/C9H14N2O2S/c1-7-6-14(12,13)9(11-7)5-10-8-3-2-4-8/h6,8,10H,2-5H2,1H3. The second kappa shape index (κ2) is 3.47. The third kappa shape index (κ3) is 1.88. The van der Waals surface area contributed by atoms with Gasteiger partial charge in [0.25, 0.3) is 0 Å². The molecule has 0 aromatic carbocycles. The van der Waals surface area contributed by atoms with Gasteiger partial charge in [0.15, 0.2) is 5.04 Å². The van der Waals surface area contributed by atoms with Crippen molar-refractivity contribution in [2.45, 2.75) is 32.2 Å². The van der Waals surface area contributed by atoms with E-state index in [1.54, 1.807) is 6.92 Å². The van der Waals surface area contributed by atoms with Crippen molar-refractivity contribution in [3.8, 4) is 0 Å². The van der Waals surface area contributed by atoms with Gasteiger partial charge in [-0.05, 0) is 19.8 Å². The van der Waals surface area contributed by atoms with E-state index < -0.39 is 9.84 Å². The molecule has 2 aliphatic rings. The van der Waals surface area contributed by atoms with Crippen molar-refractivity contribution in [1.29, 1.82) is 0 Å². The molecule has 0 amide bonds. The minimum atomic E-state index is -3.19. The van der Waals surface area contributed by atoms with Crippen LogP contribution in [0.15, 0.2) is 16.1 Å². The Bertz CT molecular complexity index is 391. The fourth-order valence-corrected chi connectivity index (χ4v) is 2.76. The Morgan fingerprint density at radius 3 is 2.71 bits per heavy atom. The second-order valence-corrected chi connectivity index (χ2v) is 5.62. The number of nitrogens with zero attached hydrogens (tertiary/aromatic N) is 1. The summed E-state index contributed by atoms with van der Waals surface area (Å²) in [4.78, 5) is 4.00. The summed E-state index contributed by atoms with van der Waals surface area (Å²) in [5, 5.41) is 4.69. The van der Waals surface area contributed by atoms with E-state index in [0.717, 1.165) is 12.8 Å². The van der Waals surface area contributed by atoms with E-state index in [1.165, 1.54) is 11.8 Å². The van der Waals surface area contributed by atoms with Crippen molar-refractivity contribution in [3.63, 3.8) is 0 Å². The molecule has 4 nitrogen and oxygen atoms in total. The number of allylic oxidation sites excluding steroid dienone is 1. The Balaban J connectivity index is 1.96. The quantitative estimate of drug-likeness (QED) is 0.756. The van der Waals surface area contributed by atoms with Crippen LogP contribution in [-0.2, 0) is 9.84 Å². The van der Waals surface area contributed by atoms with Crippen LogP contribution in [0.2, 0.25) is 0 Å². The molecule has 1 aliphatic heterocycles. The molecule has 78 valence electrons. The lowest BCUT2D eigenvalue weighted by atomic mass is 9.93. The lowest BCUT2D eigenvalue weighted by molar-refractivity contribution is 0.355. The van der Waals surface area contributed by atoms with Crippen molar-refractivity contribution in [2.75, 3.05) is 6.54 Å². The first-order chi connectivity index (χ1) is 6.58. The molecule has 0 radical (unpaired) electrons. The van der Waals surface area contributed by atoms with Crippen molar-refractivity contribution >= 4 is 14.9 Å². The van der Waals surface area contributed by atoms with Crippen molar-refractivity contribution in [2.24, 2.45) is 4.99 Å². The Kier molecular flexibility index (Phi) is 2.45. The summed E-state index contributed by atoms with van der Waals surface area (Å²) in [5.41, 5.74) is 0.579. The minimum absolute atomic E-state index is 0.266. The fraction of sp³-hybridized carbons (Fsp3) is 0.667. The summed E-state index contributed by atoms with van der Waals surface area (Å²) in [6.07, 6.45) is 3.55. The van der Waals surface area contributed by atoms with Crippen LogP contribution in [0.3, 0.4) is 0 Å². The zero-order valence-electron chi connectivity index (χ0n) is 8.16. The maximum atomic E-state index is 11.4. The maximum Gasteiger partial charge on any atom is 0.216 e. The first-order valence-electron chi connectivity index (χ1n) is 4.82. The fourth-order valence-electron chi connectivity index (χ4n) is 1.56. The van der Waals surface area contributed by atoms with Gasteiger partial charge >= 0.3 is 0 Å². The lowest BCUT2D eigenvalue weighted by Gasteiger charge is -2.26. The van der Waals surface area contributed by atoms with Crippen LogP contribution in [0.25, 0.3) is 0 Å². The highest BCUT2D eigenvalue weighted by Crippen LogP contribution is 2.19. The molecule has 1 fully saturated rings. The van der Waals surface area contributed by atoms with Crippen molar-refractivity contribution in [1.82, 2.24) is 5.32 Å². The number of hydrogen-bond donors (Lipinski definition) is 1. The predicted octanol–water partition coefficient (Wildman–Crippen LogP) is 0.817. The summed E-state index contributed by atoms with van der Waals surface area (Å²) in [6, 6.07) is 0.494. The highest BCUT2D eigenvalue weighted by molar-refractivity contribution is 8.09. The van der Waals surface area contributed by atoms with Gasteiger partial charge < -0.3 is 5.32 Å². The van der Waals surface area contributed by atoms with Crippen LogP contribution < -0.4 is 5.32 Å². The first kappa shape index (κ1) is 9.86. The molecule has 0 saturated heterocycles. The van der Waals surface area contributed by atoms with Gasteiger partial charge in [0.05, 0.1) is 11.1 Å². The lowest BCUT2D eigenvalue weighted by Crippen LogP contribution is -2.39. The molecule has 5 heteroatoms. The highest BCUT2D eigenvalue weighted by atomic mass is 32.2. The molecule has 0 unspecified atom stereocenters. The number of sulfone groups is 1. The van der Waals surface area contributed by atoms with E-state index in [4.69, 9.17) is 0 Å². The van der Waals surface area contributed by atoms with Gasteiger partial charge in [-0.3, -0.25) is 0 Å². The average Bonchev–Trinajstić information content (AvgIpc) is 2.21. The van der Waals surface area contributed by atoms with Gasteiger partial charge in [0.2, 0.25) is 9.84 Å². The number of aliphatic imine (C=N–C) groups is 1. The molecule has 1 N–H and O–H groups in total. The zero-order chi connectivity index (χ0) is 10.2. The Morgan fingerprint density at radius 2 is 2.29 bits per heavy atom. The number of nitrogens with one attached hydrogen (secondary N) is 1. The van der Waals surface area contributed by atoms with Gasteiger partial charge in [-0.25, -0.2) is 13.4 Å². The number of hydrogen-bond acceptors (Lipinski definition) is 4. The van der Waals surface area contributed by atoms with Crippen LogP contribution in [0.1, 0.15) is 26.2 Å². The van der Waals surface area contributed by atoms with Crippen molar-refractivity contribution in [3.05, 3.63) is 11.1 Å². The number of rotatable bonds is 3. The van der Waals surface area contributed by atoms with Gasteiger partial charge in [-0.1, -0.05) is 6.42 Å². The van der Waals surface area contributed by atoms with Crippen LogP contribution >= 0.6 is 0 Å². The summed E-state index contributed by atoms with van der Waals surface area (Å²) in [5.74, 6) is 0. The van der Waals surface area contributed by atoms with E-state index in [1.807, 2.05) is 0 Å². The first-order valence-corrected chi connectivity index (χ1v) is 6.37. The SMILES string of the molecule is CC1=CS(=O)(=O)C(CNC2CCC2)=N1. The molecule has 1 saturated carbocycles. The summed E-state index contributed by atoms with van der Waals surface area (Å²) >= 11 is 0. The molecule has 0 atom stereocenters. The summed E-state index contributed by atoms with van der Waals surface area (Å²) in [7, 11) is -3.19. The molecule has 2 rings (SSSR count).